The smallest absolute Gasteiger partial charge is 0.220 e. The Bertz CT molecular complexity index is 1200. The molecule has 0 aromatic heterocycles. The molecule has 0 saturated heterocycles. The number of hydrogen-bond acceptors (Lipinski definition) is 3. The highest BCUT2D eigenvalue weighted by Crippen LogP contribution is 2.12. The molecule has 0 radical (unpaired) electrons. The Kier molecular flexibility index (Phi) is 46.5. The van der Waals surface area contributed by atoms with Crippen molar-refractivity contribution in [3.05, 3.63) is 122 Å². The van der Waals surface area contributed by atoms with Crippen molar-refractivity contribution < 1.29 is 15.0 Å². The summed E-state index contributed by atoms with van der Waals surface area (Å²) in [4.78, 5) is 12.4. The largest absolute Gasteiger partial charge is 0.394 e. The van der Waals surface area contributed by atoms with Gasteiger partial charge in [0.1, 0.15) is 0 Å². The molecule has 0 aromatic rings. The van der Waals surface area contributed by atoms with E-state index in [1.165, 1.54) is 83.5 Å². The summed E-state index contributed by atoms with van der Waals surface area (Å²) < 4.78 is 0. The molecule has 0 fully saturated rings. The van der Waals surface area contributed by atoms with E-state index in [4.69, 9.17) is 0 Å². The van der Waals surface area contributed by atoms with Gasteiger partial charge in [-0.2, -0.15) is 0 Å². The van der Waals surface area contributed by atoms with Crippen molar-refractivity contribution in [2.75, 3.05) is 6.61 Å². The maximum atomic E-state index is 12.4. The monoisotopic (exact) mass is 814 g/mol. The molecule has 0 rings (SSSR count). The summed E-state index contributed by atoms with van der Waals surface area (Å²) in [5.74, 6) is -0.0953. The van der Waals surface area contributed by atoms with Crippen LogP contribution < -0.4 is 5.32 Å². The lowest BCUT2D eigenvalue weighted by molar-refractivity contribution is -0.123. The fourth-order valence-electron chi connectivity index (χ4n) is 6.48. The van der Waals surface area contributed by atoms with Gasteiger partial charge in [0.25, 0.3) is 0 Å². The highest BCUT2D eigenvalue weighted by molar-refractivity contribution is 5.76. The first kappa shape index (κ1) is 55.8. The van der Waals surface area contributed by atoms with E-state index in [1.54, 1.807) is 6.08 Å². The van der Waals surface area contributed by atoms with Crippen LogP contribution in [0.3, 0.4) is 0 Å². The SMILES string of the molecule is CC/C=C\C/C=C\C/C=C\C/C=C\C/C=C\C/C=C\C/C=C\CCCCCCCCCC(=O)NC(CO)C(O)/C=C/CC/C=C/CC/C=C/CCCCCCCCCC. The number of unbranched alkanes of at least 4 members (excludes halogenated alkanes) is 17. The minimum atomic E-state index is -0.884. The van der Waals surface area contributed by atoms with Crippen molar-refractivity contribution in [3.8, 4) is 0 Å². The summed E-state index contributed by atoms with van der Waals surface area (Å²) in [7, 11) is 0. The zero-order valence-electron chi connectivity index (χ0n) is 38.2. The number of carbonyl (C=O) groups is 1. The van der Waals surface area contributed by atoms with Crippen LogP contribution in [-0.2, 0) is 4.79 Å². The summed E-state index contributed by atoms with van der Waals surface area (Å²) in [5.41, 5.74) is 0. The molecule has 0 saturated carbocycles. The Morgan fingerprint density at radius 3 is 1.19 bits per heavy atom. The van der Waals surface area contributed by atoms with E-state index in [-0.39, 0.29) is 12.5 Å². The Hall–Kier alpha value is -3.21. The van der Waals surface area contributed by atoms with Gasteiger partial charge < -0.3 is 15.5 Å². The number of hydrogen-bond donors (Lipinski definition) is 3. The lowest BCUT2D eigenvalue weighted by atomic mass is 10.1. The quantitative estimate of drug-likeness (QED) is 0.0425. The van der Waals surface area contributed by atoms with Crippen LogP contribution in [0.1, 0.15) is 200 Å². The van der Waals surface area contributed by atoms with Crippen molar-refractivity contribution in [1.29, 1.82) is 0 Å². The van der Waals surface area contributed by atoms with Crippen molar-refractivity contribution in [2.24, 2.45) is 0 Å². The standard InChI is InChI=1S/C55H91NO3/c1-3-5-7-9-11-13-15-17-19-21-23-24-25-26-27-28-29-30-31-32-33-35-37-39-41-43-45-47-49-51-55(59)56-53(52-57)54(58)50-48-46-44-42-40-38-36-34-22-20-18-16-14-12-10-8-6-4-2/h5,7,11,13,17,19,22-24,26-27,29-30,32-34,40,42,48,50,53-54,57-58H,3-4,6,8-10,12,14-16,18,20-21,25,28,31,35-39,41,43-47,49,51-52H2,1-2H3,(H,56,59)/b7-5-,13-11-,19-17-,24-23-,27-26-,30-29-,33-32-,34-22+,42-40+,50-48+. The number of aliphatic hydroxyl groups is 2. The third-order valence-corrected chi connectivity index (χ3v) is 10.2. The molecule has 0 aliphatic carbocycles. The van der Waals surface area contributed by atoms with Gasteiger partial charge in [0.15, 0.2) is 0 Å². The van der Waals surface area contributed by atoms with Crippen molar-refractivity contribution >= 4 is 5.91 Å². The molecule has 0 spiro atoms. The van der Waals surface area contributed by atoms with E-state index in [9.17, 15) is 15.0 Å². The van der Waals surface area contributed by atoms with Crippen LogP contribution in [0.2, 0.25) is 0 Å². The summed E-state index contributed by atoms with van der Waals surface area (Å²) in [6, 6.07) is -0.661. The van der Waals surface area contributed by atoms with Gasteiger partial charge in [-0.1, -0.05) is 212 Å². The predicted molar refractivity (Wildman–Crippen MR) is 262 cm³/mol. The van der Waals surface area contributed by atoms with Gasteiger partial charge in [-0.15, -0.1) is 0 Å². The maximum Gasteiger partial charge on any atom is 0.220 e. The van der Waals surface area contributed by atoms with Crippen LogP contribution in [0.25, 0.3) is 0 Å². The van der Waals surface area contributed by atoms with Crippen molar-refractivity contribution in [3.63, 3.8) is 0 Å². The molecule has 1 amide bonds. The number of rotatable bonds is 42. The second-order valence-corrected chi connectivity index (χ2v) is 15.8. The number of amides is 1. The van der Waals surface area contributed by atoms with Crippen LogP contribution in [0, 0.1) is 0 Å². The number of nitrogens with one attached hydrogen (secondary N) is 1. The average Bonchev–Trinajstić information content (AvgIpc) is 3.24. The molecule has 2 atom stereocenters. The maximum absolute atomic E-state index is 12.4. The highest BCUT2D eigenvalue weighted by atomic mass is 16.3. The van der Waals surface area contributed by atoms with E-state index in [0.29, 0.717) is 6.42 Å². The molecule has 0 aromatic carbocycles. The van der Waals surface area contributed by atoms with E-state index in [0.717, 1.165) is 96.3 Å². The van der Waals surface area contributed by atoms with Gasteiger partial charge in [-0.05, 0) is 103 Å². The Morgan fingerprint density at radius 1 is 0.424 bits per heavy atom. The summed E-state index contributed by atoms with van der Waals surface area (Å²) in [6.45, 7) is 4.16. The third kappa shape index (κ3) is 45.7. The molecule has 0 bridgehead atoms. The number of aliphatic hydroxyl groups excluding tert-OH is 2. The Labute approximate surface area is 365 Å². The molecular formula is C55H91NO3. The summed E-state index contributed by atoms with van der Waals surface area (Å²) >= 11 is 0. The van der Waals surface area contributed by atoms with Crippen LogP contribution in [-0.4, -0.2) is 34.9 Å². The van der Waals surface area contributed by atoms with Crippen LogP contribution in [0.4, 0.5) is 0 Å². The first-order valence-corrected chi connectivity index (χ1v) is 24.2. The van der Waals surface area contributed by atoms with Gasteiger partial charge in [0, 0.05) is 6.42 Å². The van der Waals surface area contributed by atoms with Crippen LogP contribution in [0.15, 0.2) is 122 Å². The molecule has 3 N–H and O–H groups in total. The first-order chi connectivity index (χ1) is 29.2. The van der Waals surface area contributed by atoms with E-state index in [1.807, 2.05) is 6.08 Å². The molecule has 4 nitrogen and oxygen atoms in total. The van der Waals surface area contributed by atoms with Crippen LogP contribution in [0.5, 0.6) is 0 Å². The molecule has 0 heterocycles. The molecule has 2 unspecified atom stereocenters. The number of carbonyl (C=O) groups excluding carboxylic acids is 1. The Balaban J connectivity index is 3.71. The molecule has 334 valence electrons. The molecule has 4 heteroatoms. The summed E-state index contributed by atoms with van der Waals surface area (Å²) in [5, 5.41) is 23.0. The van der Waals surface area contributed by atoms with Gasteiger partial charge >= 0.3 is 0 Å². The van der Waals surface area contributed by atoms with E-state index in [2.05, 4.69) is 129 Å². The minimum absolute atomic E-state index is 0.0953. The first-order valence-electron chi connectivity index (χ1n) is 24.2. The average molecular weight is 814 g/mol. The number of allylic oxidation sites excluding steroid dienone is 19. The zero-order valence-corrected chi connectivity index (χ0v) is 38.2. The van der Waals surface area contributed by atoms with Crippen molar-refractivity contribution in [2.45, 2.75) is 212 Å². The van der Waals surface area contributed by atoms with E-state index < -0.39 is 12.1 Å². The zero-order chi connectivity index (χ0) is 42.8. The molecule has 0 aliphatic rings. The van der Waals surface area contributed by atoms with Crippen LogP contribution >= 0.6 is 0 Å². The minimum Gasteiger partial charge on any atom is -0.394 e. The van der Waals surface area contributed by atoms with Gasteiger partial charge in [0.05, 0.1) is 18.8 Å². The Morgan fingerprint density at radius 2 is 0.763 bits per heavy atom. The van der Waals surface area contributed by atoms with Gasteiger partial charge in [0.2, 0.25) is 5.91 Å². The topological polar surface area (TPSA) is 69.6 Å². The summed E-state index contributed by atoms with van der Waals surface area (Å²) in [6.07, 6.45) is 76.0. The normalized spacial score (nSPS) is 14.0. The molecular weight excluding hydrogens is 723 g/mol. The second kappa shape index (κ2) is 49.2. The van der Waals surface area contributed by atoms with Gasteiger partial charge in [-0.25, -0.2) is 0 Å². The lowest BCUT2D eigenvalue weighted by Gasteiger charge is -2.19. The molecule has 0 aliphatic heterocycles. The lowest BCUT2D eigenvalue weighted by Crippen LogP contribution is -2.45. The fraction of sp³-hybridized carbons (Fsp3) is 0.618. The third-order valence-electron chi connectivity index (χ3n) is 10.2. The fourth-order valence-corrected chi connectivity index (χ4v) is 6.48. The highest BCUT2D eigenvalue weighted by Gasteiger charge is 2.17. The predicted octanol–water partition coefficient (Wildman–Crippen LogP) is 15.7. The van der Waals surface area contributed by atoms with E-state index >= 15 is 0 Å². The molecule has 59 heavy (non-hydrogen) atoms. The van der Waals surface area contributed by atoms with Crippen molar-refractivity contribution in [1.82, 2.24) is 5.32 Å². The second-order valence-electron chi connectivity index (χ2n) is 15.8. The van der Waals surface area contributed by atoms with Gasteiger partial charge in [-0.3, -0.25) is 4.79 Å².